The van der Waals surface area contributed by atoms with Crippen LogP contribution in [0.2, 0.25) is 0 Å². The molecule has 0 spiro atoms. The monoisotopic (exact) mass is 291 g/mol. The van der Waals surface area contributed by atoms with Gasteiger partial charge in [0.2, 0.25) is 0 Å². The third-order valence-electron chi connectivity index (χ3n) is 2.56. The van der Waals surface area contributed by atoms with E-state index in [1.165, 1.54) is 0 Å². The highest BCUT2D eigenvalue weighted by molar-refractivity contribution is 7.33. The van der Waals surface area contributed by atoms with Gasteiger partial charge in [0.15, 0.2) is 0 Å². The van der Waals surface area contributed by atoms with Gasteiger partial charge in [0.25, 0.3) is 0 Å². The summed E-state index contributed by atoms with van der Waals surface area (Å²) in [7, 11) is -2.08. The number of hydrogen-bond acceptors (Lipinski definition) is 5. The van der Waals surface area contributed by atoms with E-state index in [1.54, 1.807) is 12.4 Å². The van der Waals surface area contributed by atoms with Crippen molar-refractivity contribution in [1.29, 1.82) is 0 Å². The zero-order chi connectivity index (χ0) is 14.0. The molecule has 2 aromatic heterocycles. The number of hydrogen-bond donors (Lipinski definition) is 0. The van der Waals surface area contributed by atoms with Gasteiger partial charge in [0.1, 0.15) is 13.2 Å². The van der Waals surface area contributed by atoms with Gasteiger partial charge in [-0.2, -0.15) is 0 Å². The Kier molecular flexibility index (Phi) is 6.24. The molecular formula is C14H16N2O3P+. The molecule has 2 rings (SSSR count). The second-order valence-electron chi connectivity index (χ2n) is 4.03. The van der Waals surface area contributed by atoms with Crippen LogP contribution in [0.1, 0.15) is 11.4 Å². The summed E-state index contributed by atoms with van der Waals surface area (Å²) in [5, 5.41) is 0. The van der Waals surface area contributed by atoms with Gasteiger partial charge in [-0.15, -0.1) is 9.05 Å². The molecule has 6 heteroatoms. The van der Waals surface area contributed by atoms with Gasteiger partial charge in [0.05, 0.1) is 0 Å². The quantitative estimate of drug-likeness (QED) is 0.700. The van der Waals surface area contributed by atoms with Crippen LogP contribution in [0.5, 0.6) is 0 Å². The number of rotatable bonds is 8. The second-order valence-corrected chi connectivity index (χ2v) is 5.00. The molecule has 0 atom stereocenters. The van der Waals surface area contributed by atoms with Crippen molar-refractivity contribution in [1.82, 2.24) is 9.97 Å². The van der Waals surface area contributed by atoms with Crippen molar-refractivity contribution in [2.45, 2.75) is 12.8 Å². The lowest BCUT2D eigenvalue weighted by Crippen LogP contribution is -1.99. The van der Waals surface area contributed by atoms with E-state index in [4.69, 9.17) is 9.05 Å². The lowest BCUT2D eigenvalue weighted by Gasteiger charge is -1.96. The van der Waals surface area contributed by atoms with Crippen LogP contribution >= 0.6 is 8.25 Å². The van der Waals surface area contributed by atoms with Crippen LogP contribution in [0.4, 0.5) is 0 Å². The Morgan fingerprint density at radius 2 is 1.35 bits per heavy atom. The fourth-order valence-electron chi connectivity index (χ4n) is 1.58. The van der Waals surface area contributed by atoms with Crippen LogP contribution in [0.3, 0.4) is 0 Å². The van der Waals surface area contributed by atoms with Crippen LogP contribution in [0, 0.1) is 0 Å². The molecule has 104 valence electrons. The SMILES string of the molecule is O=[P+](OCCc1ccccn1)OCCc1ccccn1. The first kappa shape index (κ1) is 14.7. The molecule has 0 aromatic carbocycles. The Morgan fingerprint density at radius 1 is 0.850 bits per heavy atom. The standard InChI is InChI=1S/C14H16N2O3P/c17-20(18-11-7-13-5-1-3-9-15-13)19-12-8-14-6-2-4-10-16-14/h1-6,9-10H,7-8,11-12H2/q+1. The zero-order valence-corrected chi connectivity index (χ0v) is 11.9. The lowest BCUT2D eigenvalue weighted by atomic mass is 10.3. The van der Waals surface area contributed by atoms with Crippen molar-refractivity contribution >= 4 is 8.25 Å². The first-order valence-corrected chi connectivity index (χ1v) is 7.47. The third kappa shape index (κ3) is 5.53. The Morgan fingerprint density at radius 3 is 1.75 bits per heavy atom. The Balaban J connectivity index is 1.59. The van der Waals surface area contributed by atoms with Crippen molar-refractivity contribution in [2.75, 3.05) is 13.2 Å². The summed E-state index contributed by atoms with van der Waals surface area (Å²) in [5.74, 6) is 0. The molecule has 0 bridgehead atoms. The lowest BCUT2D eigenvalue weighted by molar-refractivity contribution is 0.228. The van der Waals surface area contributed by atoms with E-state index < -0.39 is 8.25 Å². The molecule has 2 aromatic rings. The molecule has 0 aliphatic heterocycles. The van der Waals surface area contributed by atoms with Gasteiger partial charge in [-0.05, 0) is 24.3 Å². The first-order chi connectivity index (χ1) is 9.84. The highest BCUT2D eigenvalue weighted by Gasteiger charge is 2.19. The predicted molar refractivity (Wildman–Crippen MR) is 75.4 cm³/mol. The molecule has 20 heavy (non-hydrogen) atoms. The molecule has 0 fully saturated rings. The smallest absolute Gasteiger partial charge is 0.261 e. The molecule has 0 radical (unpaired) electrons. The molecule has 0 N–H and O–H groups in total. The largest absolute Gasteiger partial charge is 0.697 e. The summed E-state index contributed by atoms with van der Waals surface area (Å²) < 4.78 is 21.7. The summed E-state index contributed by atoms with van der Waals surface area (Å²) in [5.41, 5.74) is 1.81. The Labute approximate surface area is 118 Å². The topological polar surface area (TPSA) is 61.3 Å². The molecule has 5 nitrogen and oxygen atoms in total. The highest BCUT2D eigenvalue weighted by Crippen LogP contribution is 2.23. The molecule has 0 amide bonds. The van der Waals surface area contributed by atoms with E-state index in [-0.39, 0.29) is 0 Å². The molecule has 0 unspecified atom stereocenters. The normalized spacial score (nSPS) is 10.4. The summed E-state index contributed by atoms with van der Waals surface area (Å²) in [6.07, 6.45) is 4.68. The average Bonchev–Trinajstić information content (AvgIpc) is 2.49. The van der Waals surface area contributed by atoms with Gasteiger partial charge in [0, 0.05) is 41.2 Å². The minimum Gasteiger partial charge on any atom is -0.261 e. The molecule has 0 saturated heterocycles. The van der Waals surface area contributed by atoms with Crippen molar-refractivity contribution in [3.8, 4) is 0 Å². The van der Waals surface area contributed by atoms with Gasteiger partial charge in [-0.25, -0.2) is 0 Å². The van der Waals surface area contributed by atoms with E-state index in [0.29, 0.717) is 26.1 Å². The van der Waals surface area contributed by atoms with E-state index >= 15 is 0 Å². The van der Waals surface area contributed by atoms with Gasteiger partial charge in [-0.1, -0.05) is 12.1 Å². The van der Waals surface area contributed by atoms with Crippen LogP contribution in [-0.2, 0) is 26.5 Å². The van der Waals surface area contributed by atoms with Gasteiger partial charge >= 0.3 is 8.25 Å². The van der Waals surface area contributed by atoms with E-state index in [0.717, 1.165) is 11.4 Å². The first-order valence-electron chi connectivity index (χ1n) is 6.37. The number of aromatic nitrogens is 2. The summed E-state index contributed by atoms with van der Waals surface area (Å²) in [6, 6.07) is 11.3. The van der Waals surface area contributed by atoms with Crippen LogP contribution in [-0.4, -0.2) is 23.2 Å². The minimum atomic E-state index is -2.08. The third-order valence-corrected chi connectivity index (χ3v) is 3.35. The fourth-order valence-corrected chi connectivity index (χ4v) is 2.13. The maximum absolute atomic E-state index is 11.5. The maximum atomic E-state index is 11.5. The molecular weight excluding hydrogens is 275 g/mol. The Hall–Kier alpha value is -1.68. The summed E-state index contributed by atoms with van der Waals surface area (Å²) in [6.45, 7) is 0.658. The van der Waals surface area contributed by atoms with Crippen molar-refractivity contribution < 1.29 is 13.6 Å². The number of nitrogens with zero attached hydrogens (tertiary/aromatic N) is 2. The van der Waals surface area contributed by atoms with Gasteiger partial charge in [-0.3, -0.25) is 9.97 Å². The molecule has 0 saturated carbocycles. The van der Waals surface area contributed by atoms with Gasteiger partial charge < -0.3 is 0 Å². The summed E-state index contributed by atoms with van der Waals surface area (Å²) in [4.78, 5) is 8.31. The second kappa shape index (κ2) is 8.48. The number of pyridine rings is 2. The van der Waals surface area contributed by atoms with Crippen molar-refractivity contribution in [2.24, 2.45) is 0 Å². The molecule has 0 aliphatic rings. The molecule has 2 heterocycles. The minimum absolute atomic E-state index is 0.329. The van der Waals surface area contributed by atoms with Crippen molar-refractivity contribution in [3.05, 3.63) is 60.2 Å². The van der Waals surface area contributed by atoms with E-state index in [2.05, 4.69) is 9.97 Å². The fraction of sp³-hybridized carbons (Fsp3) is 0.286. The highest BCUT2D eigenvalue weighted by atomic mass is 31.1. The van der Waals surface area contributed by atoms with E-state index in [1.807, 2.05) is 36.4 Å². The van der Waals surface area contributed by atoms with Crippen LogP contribution < -0.4 is 0 Å². The average molecular weight is 291 g/mol. The van der Waals surface area contributed by atoms with Crippen LogP contribution in [0.15, 0.2) is 48.8 Å². The Bertz CT molecular complexity index is 475. The maximum Gasteiger partial charge on any atom is 0.697 e. The zero-order valence-electron chi connectivity index (χ0n) is 11.0. The predicted octanol–water partition coefficient (Wildman–Crippen LogP) is 2.95. The van der Waals surface area contributed by atoms with Crippen LogP contribution in [0.25, 0.3) is 0 Å². The summed E-state index contributed by atoms with van der Waals surface area (Å²) >= 11 is 0. The molecule has 0 aliphatic carbocycles. The van der Waals surface area contributed by atoms with Crippen molar-refractivity contribution in [3.63, 3.8) is 0 Å². The van der Waals surface area contributed by atoms with E-state index in [9.17, 15) is 4.57 Å².